The van der Waals surface area contributed by atoms with Crippen LogP contribution in [0.5, 0.6) is 0 Å². The van der Waals surface area contributed by atoms with Gasteiger partial charge >= 0.3 is 0 Å². The first-order chi connectivity index (χ1) is 10.2. The lowest BCUT2D eigenvalue weighted by molar-refractivity contribution is -0.678. The Morgan fingerprint density at radius 2 is 1.81 bits per heavy atom. The van der Waals surface area contributed by atoms with Crippen molar-refractivity contribution in [1.29, 1.82) is 0 Å². The molecule has 21 heavy (non-hydrogen) atoms. The van der Waals surface area contributed by atoms with Crippen molar-refractivity contribution >= 4 is 0 Å². The lowest BCUT2D eigenvalue weighted by atomic mass is 10.0. The quantitative estimate of drug-likeness (QED) is 0.666. The highest BCUT2D eigenvalue weighted by Gasteiger charge is 2.15. The molecule has 0 fully saturated rings. The molecule has 0 atom stereocenters. The van der Waals surface area contributed by atoms with E-state index >= 15 is 0 Å². The van der Waals surface area contributed by atoms with Gasteiger partial charge in [0.15, 0.2) is 12.7 Å². The van der Waals surface area contributed by atoms with E-state index in [0.29, 0.717) is 0 Å². The Morgan fingerprint density at radius 3 is 2.62 bits per heavy atom. The van der Waals surface area contributed by atoms with Gasteiger partial charge in [0.05, 0.1) is 18.0 Å². The number of aryl methyl sites for hydroxylation is 2. The van der Waals surface area contributed by atoms with E-state index in [0.717, 1.165) is 12.2 Å². The first-order valence-electron chi connectivity index (χ1n) is 7.19. The molecule has 2 heteroatoms. The van der Waals surface area contributed by atoms with Gasteiger partial charge < -0.3 is 0 Å². The molecule has 0 N–H and O–H groups in total. The van der Waals surface area contributed by atoms with Crippen molar-refractivity contribution in [3.63, 3.8) is 0 Å². The standard InChI is InChI=1S/C19H19N2/c1-15-8-9-16(2)18(12-15)19-13-20-10-11-21(19)14-17-6-4-3-5-7-17/h3-13H,14H2,1-2H3/q+1. The minimum atomic E-state index is 0.853. The zero-order valence-electron chi connectivity index (χ0n) is 12.5. The van der Waals surface area contributed by atoms with Gasteiger partial charge in [-0.2, -0.15) is 4.57 Å². The summed E-state index contributed by atoms with van der Waals surface area (Å²) in [5.74, 6) is 0. The number of hydrogen-bond donors (Lipinski definition) is 0. The van der Waals surface area contributed by atoms with Crippen LogP contribution in [0.25, 0.3) is 11.3 Å². The van der Waals surface area contributed by atoms with Crippen molar-refractivity contribution in [3.8, 4) is 11.3 Å². The van der Waals surface area contributed by atoms with E-state index in [1.165, 1.54) is 22.3 Å². The lowest BCUT2D eigenvalue weighted by Crippen LogP contribution is -2.36. The third-order valence-electron chi connectivity index (χ3n) is 3.70. The van der Waals surface area contributed by atoms with E-state index in [-0.39, 0.29) is 0 Å². The molecule has 0 radical (unpaired) electrons. The first-order valence-corrected chi connectivity index (χ1v) is 7.19. The third-order valence-corrected chi connectivity index (χ3v) is 3.70. The summed E-state index contributed by atoms with van der Waals surface area (Å²) in [6.07, 6.45) is 5.84. The summed E-state index contributed by atoms with van der Waals surface area (Å²) in [5, 5.41) is 0. The maximum atomic E-state index is 4.31. The zero-order valence-corrected chi connectivity index (χ0v) is 12.5. The van der Waals surface area contributed by atoms with Crippen LogP contribution >= 0.6 is 0 Å². The molecule has 0 amide bonds. The topological polar surface area (TPSA) is 16.8 Å². The Bertz CT molecular complexity index is 749. The van der Waals surface area contributed by atoms with E-state index in [1.54, 1.807) is 0 Å². The SMILES string of the molecule is Cc1ccc(C)c(-c2cncc[n+]2Cc2ccccc2)c1. The van der Waals surface area contributed by atoms with Gasteiger partial charge in [0.25, 0.3) is 0 Å². The fourth-order valence-electron chi connectivity index (χ4n) is 2.54. The Kier molecular flexibility index (Phi) is 3.78. The van der Waals surface area contributed by atoms with Crippen molar-refractivity contribution < 1.29 is 4.57 Å². The Morgan fingerprint density at radius 1 is 1.00 bits per heavy atom. The molecule has 104 valence electrons. The van der Waals surface area contributed by atoms with Gasteiger partial charge in [0.1, 0.15) is 0 Å². The molecule has 1 aromatic heterocycles. The molecule has 2 nitrogen and oxygen atoms in total. The molecule has 1 heterocycles. The van der Waals surface area contributed by atoms with Crippen LogP contribution in [0.2, 0.25) is 0 Å². The predicted octanol–water partition coefficient (Wildman–Crippen LogP) is 3.70. The number of nitrogens with zero attached hydrogens (tertiary/aromatic N) is 2. The maximum absolute atomic E-state index is 4.31. The van der Waals surface area contributed by atoms with Crippen LogP contribution in [0.4, 0.5) is 0 Å². The monoisotopic (exact) mass is 275 g/mol. The van der Waals surface area contributed by atoms with Crippen molar-refractivity contribution in [2.75, 3.05) is 0 Å². The van der Waals surface area contributed by atoms with Crippen molar-refractivity contribution in [2.45, 2.75) is 20.4 Å². The fraction of sp³-hybridized carbons (Fsp3) is 0.158. The van der Waals surface area contributed by atoms with E-state index < -0.39 is 0 Å². The number of aromatic nitrogens is 2. The second-order valence-electron chi connectivity index (χ2n) is 5.39. The molecule has 0 aliphatic heterocycles. The van der Waals surface area contributed by atoms with Gasteiger partial charge in [-0.05, 0) is 25.5 Å². The zero-order chi connectivity index (χ0) is 14.7. The second kappa shape index (κ2) is 5.88. The maximum Gasteiger partial charge on any atom is 0.231 e. The summed E-state index contributed by atoms with van der Waals surface area (Å²) in [6, 6.07) is 17.1. The molecule has 0 saturated heterocycles. The van der Waals surface area contributed by atoms with Gasteiger partial charge in [0.2, 0.25) is 5.69 Å². The van der Waals surface area contributed by atoms with Crippen LogP contribution in [0.15, 0.2) is 67.1 Å². The molecule has 0 aliphatic rings. The summed E-state index contributed by atoms with van der Waals surface area (Å²) in [4.78, 5) is 4.31. The van der Waals surface area contributed by atoms with Crippen LogP contribution in [-0.2, 0) is 6.54 Å². The molecule has 3 rings (SSSR count). The number of rotatable bonds is 3. The fourth-order valence-corrected chi connectivity index (χ4v) is 2.54. The highest BCUT2D eigenvalue weighted by atomic mass is 15.0. The van der Waals surface area contributed by atoms with Gasteiger partial charge in [-0.1, -0.05) is 48.0 Å². The largest absolute Gasteiger partial charge is 0.252 e. The summed E-state index contributed by atoms with van der Waals surface area (Å²) >= 11 is 0. The summed E-state index contributed by atoms with van der Waals surface area (Å²) in [7, 11) is 0. The van der Waals surface area contributed by atoms with Crippen molar-refractivity contribution in [2.24, 2.45) is 0 Å². The molecular weight excluding hydrogens is 256 g/mol. The predicted molar refractivity (Wildman–Crippen MR) is 84.9 cm³/mol. The highest BCUT2D eigenvalue weighted by molar-refractivity contribution is 5.61. The normalized spacial score (nSPS) is 10.6. The number of hydrogen-bond acceptors (Lipinski definition) is 1. The Hall–Kier alpha value is -2.48. The molecule has 0 spiro atoms. The van der Waals surface area contributed by atoms with E-state index in [2.05, 4.69) is 65.9 Å². The van der Waals surface area contributed by atoms with E-state index in [4.69, 9.17) is 0 Å². The highest BCUT2D eigenvalue weighted by Crippen LogP contribution is 2.21. The lowest BCUT2D eigenvalue weighted by Gasteiger charge is -2.07. The molecule has 0 aliphatic carbocycles. The Labute approximate surface area is 125 Å². The first kappa shape index (κ1) is 13.5. The summed E-state index contributed by atoms with van der Waals surface area (Å²) in [5.41, 5.74) is 6.24. The molecule has 0 saturated carbocycles. The van der Waals surface area contributed by atoms with Crippen molar-refractivity contribution in [1.82, 2.24) is 4.98 Å². The average molecular weight is 275 g/mol. The van der Waals surface area contributed by atoms with Crippen LogP contribution in [0, 0.1) is 13.8 Å². The molecule has 3 aromatic rings. The van der Waals surface area contributed by atoms with Crippen LogP contribution in [0.1, 0.15) is 16.7 Å². The minimum absolute atomic E-state index is 0.853. The van der Waals surface area contributed by atoms with E-state index in [9.17, 15) is 0 Å². The summed E-state index contributed by atoms with van der Waals surface area (Å²) < 4.78 is 2.25. The average Bonchev–Trinajstić information content (AvgIpc) is 2.51. The molecule has 2 aromatic carbocycles. The molecular formula is C19H19N2+. The number of benzene rings is 2. The Balaban J connectivity index is 2.06. The smallest absolute Gasteiger partial charge is 0.231 e. The van der Waals surface area contributed by atoms with Gasteiger partial charge in [-0.15, -0.1) is 0 Å². The van der Waals surface area contributed by atoms with Crippen LogP contribution in [-0.4, -0.2) is 4.98 Å². The van der Waals surface area contributed by atoms with Gasteiger partial charge in [-0.25, -0.2) is 0 Å². The van der Waals surface area contributed by atoms with Gasteiger partial charge in [-0.3, -0.25) is 4.98 Å². The minimum Gasteiger partial charge on any atom is -0.252 e. The van der Waals surface area contributed by atoms with E-state index in [1.807, 2.05) is 24.7 Å². The molecule has 0 unspecified atom stereocenters. The summed E-state index contributed by atoms with van der Waals surface area (Å²) in [6.45, 7) is 5.13. The van der Waals surface area contributed by atoms with Crippen LogP contribution < -0.4 is 4.57 Å². The van der Waals surface area contributed by atoms with Gasteiger partial charge in [0, 0.05) is 5.56 Å². The third kappa shape index (κ3) is 3.00. The van der Waals surface area contributed by atoms with Crippen molar-refractivity contribution in [3.05, 3.63) is 83.8 Å². The van der Waals surface area contributed by atoms with Crippen LogP contribution in [0.3, 0.4) is 0 Å². The molecule has 0 bridgehead atoms. The second-order valence-corrected chi connectivity index (χ2v) is 5.39.